The van der Waals surface area contributed by atoms with Crippen molar-refractivity contribution < 1.29 is 0 Å². The van der Waals surface area contributed by atoms with Crippen LogP contribution in [0.2, 0.25) is 0 Å². The van der Waals surface area contributed by atoms with Gasteiger partial charge in [-0.3, -0.25) is 0 Å². The highest BCUT2D eigenvalue weighted by molar-refractivity contribution is 4.89. The standard InChI is InChI=1S/C18H36N2/c1-5-11-19-18-10-12-20(16(4)15(18)3)13-17-8-6-14(2)7-9-17/h14-19H,5-13H2,1-4H3. The molecule has 3 unspecified atom stereocenters. The van der Waals surface area contributed by atoms with Gasteiger partial charge in [-0.05, 0) is 63.5 Å². The molecule has 2 nitrogen and oxygen atoms in total. The molecule has 2 heteroatoms. The van der Waals surface area contributed by atoms with E-state index in [1.165, 1.54) is 58.2 Å². The molecule has 0 aromatic rings. The fraction of sp³-hybridized carbons (Fsp3) is 1.00. The lowest BCUT2D eigenvalue weighted by molar-refractivity contribution is 0.0612. The maximum absolute atomic E-state index is 3.75. The number of hydrogen-bond donors (Lipinski definition) is 1. The van der Waals surface area contributed by atoms with Gasteiger partial charge in [0.25, 0.3) is 0 Å². The van der Waals surface area contributed by atoms with E-state index in [1.54, 1.807) is 0 Å². The van der Waals surface area contributed by atoms with Crippen LogP contribution in [0.25, 0.3) is 0 Å². The molecule has 0 amide bonds. The molecule has 20 heavy (non-hydrogen) atoms. The predicted octanol–water partition coefficient (Wildman–Crippen LogP) is 3.91. The Hall–Kier alpha value is -0.0800. The molecule has 0 bridgehead atoms. The van der Waals surface area contributed by atoms with E-state index >= 15 is 0 Å². The molecule has 3 atom stereocenters. The van der Waals surface area contributed by atoms with Gasteiger partial charge in [0.15, 0.2) is 0 Å². The van der Waals surface area contributed by atoms with Gasteiger partial charge >= 0.3 is 0 Å². The van der Waals surface area contributed by atoms with E-state index in [4.69, 9.17) is 0 Å². The van der Waals surface area contributed by atoms with Crippen molar-refractivity contribution in [3.05, 3.63) is 0 Å². The van der Waals surface area contributed by atoms with Crippen molar-refractivity contribution in [1.29, 1.82) is 0 Å². The Balaban J connectivity index is 1.79. The van der Waals surface area contributed by atoms with E-state index < -0.39 is 0 Å². The van der Waals surface area contributed by atoms with Crippen molar-refractivity contribution in [2.45, 2.75) is 78.3 Å². The Morgan fingerprint density at radius 3 is 2.35 bits per heavy atom. The molecule has 2 rings (SSSR count). The summed E-state index contributed by atoms with van der Waals surface area (Å²) in [7, 11) is 0. The van der Waals surface area contributed by atoms with Gasteiger partial charge in [0.05, 0.1) is 0 Å². The summed E-state index contributed by atoms with van der Waals surface area (Å²) in [6.45, 7) is 13.4. The van der Waals surface area contributed by atoms with Gasteiger partial charge in [-0.25, -0.2) is 0 Å². The first-order valence-electron chi connectivity index (χ1n) is 9.09. The number of piperidine rings is 1. The second kappa shape index (κ2) is 7.79. The third-order valence-corrected chi connectivity index (χ3v) is 5.98. The number of hydrogen-bond acceptors (Lipinski definition) is 2. The quantitative estimate of drug-likeness (QED) is 0.821. The van der Waals surface area contributed by atoms with Crippen LogP contribution in [0.5, 0.6) is 0 Å². The average molecular weight is 280 g/mol. The molecular weight excluding hydrogens is 244 g/mol. The lowest BCUT2D eigenvalue weighted by atomic mass is 9.81. The molecule has 1 saturated carbocycles. The molecule has 0 aromatic carbocycles. The number of rotatable bonds is 5. The van der Waals surface area contributed by atoms with Crippen molar-refractivity contribution in [3.63, 3.8) is 0 Å². The van der Waals surface area contributed by atoms with Gasteiger partial charge in [-0.2, -0.15) is 0 Å². The Kier molecular flexibility index (Phi) is 6.35. The van der Waals surface area contributed by atoms with Crippen LogP contribution in [0.3, 0.4) is 0 Å². The highest BCUT2D eigenvalue weighted by Gasteiger charge is 2.33. The van der Waals surface area contributed by atoms with Crippen LogP contribution in [0.4, 0.5) is 0 Å². The maximum atomic E-state index is 3.75. The monoisotopic (exact) mass is 280 g/mol. The van der Waals surface area contributed by atoms with Crippen molar-refractivity contribution in [1.82, 2.24) is 10.2 Å². The second-order valence-corrected chi connectivity index (χ2v) is 7.57. The van der Waals surface area contributed by atoms with E-state index in [2.05, 4.69) is 37.9 Å². The largest absolute Gasteiger partial charge is 0.314 e. The molecule has 1 aliphatic heterocycles. The van der Waals surface area contributed by atoms with Crippen LogP contribution in [0.1, 0.15) is 66.2 Å². The summed E-state index contributed by atoms with van der Waals surface area (Å²) in [4.78, 5) is 2.79. The SMILES string of the molecule is CCCNC1CCN(CC2CCC(C)CC2)C(C)C1C. The Labute approximate surface area is 126 Å². The number of nitrogens with zero attached hydrogens (tertiary/aromatic N) is 1. The summed E-state index contributed by atoms with van der Waals surface area (Å²) in [5, 5.41) is 3.75. The molecular formula is C18H36N2. The maximum Gasteiger partial charge on any atom is 0.0120 e. The van der Waals surface area contributed by atoms with E-state index in [1.807, 2.05) is 0 Å². The minimum absolute atomic E-state index is 0.743. The third-order valence-electron chi connectivity index (χ3n) is 5.98. The molecule has 2 fully saturated rings. The fourth-order valence-electron chi connectivity index (χ4n) is 4.16. The van der Waals surface area contributed by atoms with Crippen molar-refractivity contribution in [2.24, 2.45) is 17.8 Å². The summed E-state index contributed by atoms with van der Waals surface area (Å²) in [5.74, 6) is 2.74. The normalized spacial score (nSPS) is 39.9. The highest BCUT2D eigenvalue weighted by atomic mass is 15.2. The molecule has 0 radical (unpaired) electrons. The van der Waals surface area contributed by atoms with Crippen molar-refractivity contribution >= 4 is 0 Å². The molecule has 0 aromatic heterocycles. The van der Waals surface area contributed by atoms with E-state index in [0.29, 0.717) is 0 Å². The summed E-state index contributed by atoms with van der Waals surface area (Å²) >= 11 is 0. The minimum atomic E-state index is 0.743. The fourth-order valence-corrected chi connectivity index (χ4v) is 4.16. The summed E-state index contributed by atoms with van der Waals surface area (Å²) in [6.07, 6.45) is 8.45. The zero-order valence-corrected chi connectivity index (χ0v) is 14.2. The second-order valence-electron chi connectivity index (χ2n) is 7.57. The summed E-state index contributed by atoms with van der Waals surface area (Å²) in [6, 6.07) is 1.49. The van der Waals surface area contributed by atoms with Crippen LogP contribution in [0, 0.1) is 17.8 Å². The first-order valence-corrected chi connectivity index (χ1v) is 9.09. The zero-order chi connectivity index (χ0) is 14.5. The average Bonchev–Trinajstić information content (AvgIpc) is 2.45. The van der Waals surface area contributed by atoms with Gasteiger partial charge in [-0.1, -0.05) is 33.6 Å². The first-order chi connectivity index (χ1) is 9.61. The van der Waals surface area contributed by atoms with Gasteiger partial charge < -0.3 is 10.2 Å². The first kappa shape index (κ1) is 16.3. The molecule has 1 saturated heterocycles. The third kappa shape index (κ3) is 4.21. The lowest BCUT2D eigenvalue weighted by Gasteiger charge is -2.45. The van der Waals surface area contributed by atoms with Crippen LogP contribution in [-0.4, -0.2) is 36.6 Å². The van der Waals surface area contributed by atoms with Crippen LogP contribution < -0.4 is 5.32 Å². The lowest BCUT2D eigenvalue weighted by Crippen LogP contribution is -2.54. The summed E-state index contributed by atoms with van der Waals surface area (Å²) < 4.78 is 0. The Bertz CT molecular complexity index is 271. The van der Waals surface area contributed by atoms with Gasteiger partial charge in [0.2, 0.25) is 0 Å². The number of nitrogens with one attached hydrogen (secondary N) is 1. The van der Waals surface area contributed by atoms with E-state index in [9.17, 15) is 0 Å². The van der Waals surface area contributed by atoms with Gasteiger partial charge in [0.1, 0.15) is 0 Å². The van der Waals surface area contributed by atoms with Crippen LogP contribution in [0.15, 0.2) is 0 Å². The minimum Gasteiger partial charge on any atom is -0.314 e. The van der Waals surface area contributed by atoms with Gasteiger partial charge in [-0.15, -0.1) is 0 Å². The van der Waals surface area contributed by atoms with Gasteiger partial charge in [0, 0.05) is 18.6 Å². The van der Waals surface area contributed by atoms with Crippen LogP contribution >= 0.6 is 0 Å². The molecule has 0 spiro atoms. The van der Waals surface area contributed by atoms with E-state index in [0.717, 1.165) is 29.8 Å². The predicted molar refractivity (Wildman–Crippen MR) is 88.0 cm³/mol. The zero-order valence-electron chi connectivity index (χ0n) is 14.2. The van der Waals surface area contributed by atoms with E-state index in [-0.39, 0.29) is 0 Å². The molecule has 1 heterocycles. The highest BCUT2D eigenvalue weighted by Crippen LogP contribution is 2.31. The van der Waals surface area contributed by atoms with Crippen molar-refractivity contribution in [2.75, 3.05) is 19.6 Å². The Morgan fingerprint density at radius 2 is 1.70 bits per heavy atom. The molecule has 1 aliphatic carbocycles. The molecule has 118 valence electrons. The summed E-state index contributed by atoms with van der Waals surface area (Å²) in [5.41, 5.74) is 0. The van der Waals surface area contributed by atoms with Crippen LogP contribution in [-0.2, 0) is 0 Å². The molecule has 1 N–H and O–H groups in total. The topological polar surface area (TPSA) is 15.3 Å². The smallest absolute Gasteiger partial charge is 0.0120 e. The van der Waals surface area contributed by atoms with Crippen molar-refractivity contribution in [3.8, 4) is 0 Å². The number of likely N-dealkylation sites (tertiary alicyclic amines) is 1. The molecule has 2 aliphatic rings. The Morgan fingerprint density at radius 1 is 1.00 bits per heavy atom.